The number of anilines is 1. The Bertz CT molecular complexity index is 747. The first kappa shape index (κ1) is 16.7. The van der Waals surface area contributed by atoms with E-state index >= 15 is 0 Å². The Morgan fingerprint density at radius 1 is 1.36 bits per heavy atom. The van der Waals surface area contributed by atoms with E-state index in [1.54, 1.807) is 4.90 Å². The second-order valence-corrected chi connectivity index (χ2v) is 7.35. The summed E-state index contributed by atoms with van der Waals surface area (Å²) in [6.45, 7) is 4.03. The van der Waals surface area contributed by atoms with Crippen LogP contribution < -0.4 is 5.32 Å². The minimum atomic E-state index is -0.588. The van der Waals surface area contributed by atoms with E-state index in [1.807, 2.05) is 25.2 Å². The molecular weight excluding hydrogens is 338 g/mol. The van der Waals surface area contributed by atoms with Crippen molar-refractivity contribution in [2.75, 3.05) is 45.2 Å². The number of ether oxygens (including phenoxy) is 1. The van der Waals surface area contributed by atoms with Crippen molar-refractivity contribution in [3.63, 3.8) is 0 Å². The van der Waals surface area contributed by atoms with Crippen LogP contribution in [0.3, 0.4) is 0 Å². The quantitative estimate of drug-likeness (QED) is 0.826. The van der Waals surface area contributed by atoms with Crippen LogP contribution in [0.1, 0.15) is 18.4 Å². The fraction of sp³-hybridized carbons (Fsp3) is 0.526. The minimum Gasteiger partial charge on any atom is -0.379 e. The van der Waals surface area contributed by atoms with E-state index in [4.69, 9.17) is 16.3 Å². The van der Waals surface area contributed by atoms with Crippen molar-refractivity contribution in [3.05, 3.63) is 28.8 Å². The van der Waals surface area contributed by atoms with Crippen molar-refractivity contribution < 1.29 is 9.53 Å². The number of fused-ring (bicyclic) bond motifs is 1. The number of carbonyl (C=O) groups excluding carboxylic acids is 1. The van der Waals surface area contributed by atoms with Crippen LogP contribution in [0.2, 0.25) is 5.02 Å². The number of nitrogens with zero attached hydrogens (tertiary/aromatic N) is 2. The molecule has 0 radical (unpaired) electrons. The molecule has 0 bridgehead atoms. The van der Waals surface area contributed by atoms with Crippen molar-refractivity contribution in [1.82, 2.24) is 9.80 Å². The molecule has 1 saturated carbocycles. The lowest BCUT2D eigenvalue weighted by atomic mass is 9.81. The number of morpholine rings is 1. The average molecular weight is 360 g/mol. The second-order valence-electron chi connectivity index (χ2n) is 6.91. The first-order valence-electron chi connectivity index (χ1n) is 8.76. The molecule has 3 aliphatic rings. The smallest absolute Gasteiger partial charge is 0.323 e. The molecule has 0 spiro atoms. The molecule has 1 saturated heterocycles. The minimum absolute atomic E-state index is 0.109. The highest BCUT2D eigenvalue weighted by molar-refractivity contribution is 6.30. The Morgan fingerprint density at radius 2 is 2.12 bits per heavy atom. The molecule has 2 fully saturated rings. The van der Waals surface area contributed by atoms with Gasteiger partial charge in [0.05, 0.1) is 19.8 Å². The third-order valence-corrected chi connectivity index (χ3v) is 5.56. The lowest BCUT2D eigenvalue weighted by Gasteiger charge is -2.43. The van der Waals surface area contributed by atoms with Crippen LogP contribution in [0.5, 0.6) is 0 Å². The van der Waals surface area contributed by atoms with Crippen molar-refractivity contribution in [1.29, 1.82) is 0 Å². The molecule has 132 valence electrons. The summed E-state index contributed by atoms with van der Waals surface area (Å²) in [5.41, 5.74) is 1.24. The van der Waals surface area contributed by atoms with Gasteiger partial charge in [0.1, 0.15) is 5.54 Å². The fourth-order valence-corrected chi connectivity index (χ4v) is 3.95. The summed E-state index contributed by atoms with van der Waals surface area (Å²) in [6.07, 6.45) is 2.16. The zero-order valence-corrected chi connectivity index (χ0v) is 15.1. The van der Waals surface area contributed by atoms with Gasteiger partial charge >= 0.3 is 6.03 Å². The maximum Gasteiger partial charge on any atom is 0.323 e. The van der Waals surface area contributed by atoms with E-state index in [-0.39, 0.29) is 6.03 Å². The van der Waals surface area contributed by atoms with E-state index < -0.39 is 5.54 Å². The molecule has 2 amide bonds. The van der Waals surface area contributed by atoms with Gasteiger partial charge in [-0.15, -0.1) is 0 Å². The van der Waals surface area contributed by atoms with Crippen LogP contribution in [-0.4, -0.2) is 55.7 Å². The number of benzene rings is 1. The predicted molar refractivity (Wildman–Crippen MR) is 97.7 cm³/mol. The summed E-state index contributed by atoms with van der Waals surface area (Å²) >= 11 is 6.27. The predicted octanol–water partition coefficient (Wildman–Crippen LogP) is 2.76. The Hall–Kier alpha value is -1.74. The lowest BCUT2D eigenvalue weighted by molar-refractivity contribution is 0.0443. The molecule has 2 aliphatic heterocycles. The lowest BCUT2D eigenvalue weighted by Crippen LogP contribution is -2.53. The van der Waals surface area contributed by atoms with Crippen LogP contribution in [0.25, 0.3) is 0 Å². The Labute approximate surface area is 153 Å². The van der Waals surface area contributed by atoms with Crippen LogP contribution in [-0.2, 0) is 10.3 Å². The number of amides is 2. The fourth-order valence-electron chi connectivity index (χ4n) is 3.77. The van der Waals surface area contributed by atoms with Crippen LogP contribution >= 0.6 is 11.6 Å². The van der Waals surface area contributed by atoms with Gasteiger partial charge in [-0.05, 0) is 37.0 Å². The summed E-state index contributed by atoms with van der Waals surface area (Å²) in [7, 11) is 1.83. The molecule has 6 heteroatoms. The first-order valence-corrected chi connectivity index (χ1v) is 9.14. The van der Waals surface area contributed by atoms with Gasteiger partial charge in [-0.3, -0.25) is 4.90 Å². The van der Waals surface area contributed by atoms with Crippen molar-refractivity contribution in [2.24, 2.45) is 5.92 Å². The SMILES string of the molecule is CN1C(=O)Nc2ccc(Cl)cc2C1(C#CCN1CCOCC1)C1CC1. The molecule has 2 heterocycles. The van der Waals surface area contributed by atoms with Crippen molar-refractivity contribution in [3.8, 4) is 11.8 Å². The molecule has 1 aromatic rings. The highest BCUT2D eigenvalue weighted by Crippen LogP contribution is 2.52. The maximum atomic E-state index is 12.5. The van der Waals surface area contributed by atoms with Crippen LogP contribution in [0.15, 0.2) is 18.2 Å². The van der Waals surface area contributed by atoms with Gasteiger partial charge in [0, 0.05) is 36.4 Å². The van der Waals surface area contributed by atoms with Crippen molar-refractivity contribution in [2.45, 2.75) is 18.4 Å². The largest absolute Gasteiger partial charge is 0.379 e. The topological polar surface area (TPSA) is 44.8 Å². The van der Waals surface area contributed by atoms with Gasteiger partial charge in [-0.2, -0.15) is 0 Å². The number of hydrogen-bond donors (Lipinski definition) is 1. The zero-order valence-electron chi connectivity index (χ0n) is 14.3. The molecule has 1 aliphatic carbocycles. The summed E-state index contributed by atoms with van der Waals surface area (Å²) in [5, 5.41) is 3.62. The van der Waals surface area contributed by atoms with Gasteiger partial charge in [-0.1, -0.05) is 23.4 Å². The Kier molecular flexibility index (Phi) is 4.36. The van der Waals surface area contributed by atoms with E-state index in [0.717, 1.165) is 50.4 Å². The first-order chi connectivity index (χ1) is 12.1. The number of urea groups is 1. The average Bonchev–Trinajstić information content (AvgIpc) is 3.45. The monoisotopic (exact) mass is 359 g/mol. The molecule has 4 rings (SSSR count). The van der Waals surface area contributed by atoms with E-state index in [9.17, 15) is 4.79 Å². The third kappa shape index (κ3) is 2.99. The summed E-state index contributed by atoms with van der Waals surface area (Å²) in [4.78, 5) is 16.6. The summed E-state index contributed by atoms with van der Waals surface area (Å²) in [5.74, 6) is 7.20. The maximum absolute atomic E-state index is 12.5. The molecule has 5 nitrogen and oxygen atoms in total. The number of nitrogens with one attached hydrogen (secondary N) is 1. The van der Waals surface area contributed by atoms with Gasteiger partial charge < -0.3 is 15.0 Å². The van der Waals surface area contributed by atoms with E-state index in [1.165, 1.54) is 0 Å². The van der Waals surface area contributed by atoms with Crippen molar-refractivity contribution >= 4 is 23.3 Å². The van der Waals surface area contributed by atoms with Gasteiger partial charge in [0.25, 0.3) is 0 Å². The second kappa shape index (κ2) is 6.53. The van der Waals surface area contributed by atoms with Gasteiger partial charge in [-0.25, -0.2) is 4.79 Å². The number of halogens is 1. The van der Waals surface area contributed by atoms with Crippen LogP contribution in [0, 0.1) is 17.8 Å². The molecule has 1 unspecified atom stereocenters. The number of carbonyl (C=O) groups is 1. The molecule has 1 atom stereocenters. The molecular formula is C19H22ClN3O2. The number of rotatable bonds is 2. The third-order valence-electron chi connectivity index (χ3n) is 5.32. The normalized spacial score (nSPS) is 26.5. The standard InChI is InChI=1S/C19H22ClN3O2/c1-22-18(24)21-17-6-5-15(20)13-16(17)19(22,14-3-4-14)7-2-8-23-9-11-25-12-10-23/h5-6,13-14H,3-4,8-12H2,1H3,(H,21,24). The Balaban J connectivity index is 1.72. The molecule has 25 heavy (non-hydrogen) atoms. The highest BCUT2D eigenvalue weighted by Gasteiger charge is 2.53. The Morgan fingerprint density at radius 3 is 2.84 bits per heavy atom. The zero-order chi connectivity index (χ0) is 17.4. The van der Waals surface area contributed by atoms with Gasteiger partial charge in [0.2, 0.25) is 0 Å². The van der Waals surface area contributed by atoms with E-state index in [0.29, 0.717) is 17.5 Å². The molecule has 1 aromatic carbocycles. The summed E-state index contributed by atoms with van der Waals surface area (Å²) in [6, 6.07) is 5.53. The molecule has 1 N–H and O–H groups in total. The number of hydrogen-bond acceptors (Lipinski definition) is 3. The van der Waals surface area contributed by atoms with E-state index in [2.05, 4.69) is 22.1 Å². The molecule has 0 aromatic heterocycles. The van der Waals surface area contributed by atoms with Crippen LogP contribution in [0.4, 0.5) is 10.5 Å². The summed E-state index contributed by atoms with van der Waals surface area (Å²) < 4.78 is 5.39. The highest BCUT2D eigenvalue weighted by atomic mass is 35.5. The van der Waals surface area contributed by atoms with Gasteiger partial charge in [0.15, 0.2) is 0 Å².